The van der Waals surface area contributed by atoms with Gasteiger partial charge in [0, 0.05) is 32.1 Å². The maximum atomic E-state index is 12.2. The standard InChI is InChI=1S/C14H27N3O3/c1-3-16(2)11-9-15-14(20)17-10-5-4-6-12(17)7-8-13(18)19/h12H,3-11H2,1-2H3,(H,15,20)(H,18,19). The molecule has 1 fully saturated rings. The molecular formula is C14H27N3O3. The second kappa shape index (κ2) is 8.79. The molecular weight excluding hydrogens is 258 g/mol. The zero-order valence-electron chi connectivity index (χ0n) is 12.6. The average Bonchev–Trinajstić information content (AvgIpc) is 2.45. The van der Waals surface area contributed by atoms with Gasteiger partial charge >= 0.3 is 12.0 Å². The number of aliphatic carboxylic acids is 1. The van der Waals surface area contributed by atoms with Crippen molar-refractivity contribution in [1.82, 2.24) is 15.1 Å². The molecule has 0 saturated carbocycles. The van der Waals surface area contributed by atoms with E-state index < -0.39 is 5.97 Å². The van der Waals surface area contributed by atoms with Crippen molar-refractivity contribution in [3.8, 4) is 0 Å². The normalized spacial score (nSPS) is 19.1. The van der Waals surface area contributed by atoms with Gasteiger partial charge in [0.05, 0.1) is 0 Å². The summed E-state index contributed by atoms with van der Waals surface area (Å²) in [6, 6.07) is 0.0216. The smallest absolute Gasteiger partial charge is 0.317 e. The molecule has 116 valence electrons. The lowest BCUT2D eigenvalue weighted by molar-refractivity contribution is -0.137. The maximum Gasteiger partial charge on any atom is 0.317 e. The Bertz CT molecular complexity index is 323. The number of likely N-dealkylation sites (tertiary alicyclic amines) is 1. The highest BCUT2D eigenvalue weighted by Crippen LogP contribution is 2.20. The molecule has 1 saturated heterocycles. The van der Waals surface area contributed by atoms with E-state index in [0.29, 0.717) is 13.0 Å². The van der Waals surface area contributed by atoms with Gasteiger partial charge < -0.3 is 20.2 Å². The number of piperidine rings is 1. The first-order chi connectivity index (χ1) is 9.54. The molecule has 20 heavy (non-hydrogen) atoms. The van der Waals surface area contributed by atoms with Crippen LogP contribution < -0.4 is 5.32 Å². The van der Waals surface area contributed by atoms with Crippen LogP contribution in [-0.2, 0) is 4.79 Å². The monoisotopic (exact) mass is 285 g/mol. The molecule has 2 amide bonds. The fourth-order valence-corrected chi connectivity index (χ4v) is 2.47. The second-order valence-electron chi connectivity index (χ2n) is 5.40. The van der Waals surface area contributed by atoms with Crippen LogP contribution in [0.15, 0.2) is 0 Å². The number of carboxylic acids is 1. The van der Waals surface area contributed by atoms with Gasteiger partial charge in [0.25, 0.3) is 0 Å². The van der Waals surface area contributed by atoms with Gasteiger partial charge in [-0.25, -0.2) is 4.79 Å². The first kappa shape index (κ1) is 16.8. The van der Waals surface area contributed by atoms with Gasteiger partial charge in [-0.15, -0.1) is 0 Å². The number of hydrogen-bond donors (Lipinski definition) is 2. The Kier molecular flexibility index (Phi) is 7.36. The van der Waals surface area contributed by atoms with E-state index in [1.54, 1.807) is 0 Å². The molecule has 1 heterocycles. The number of rotatable bonds is 7. The number of hydrogen-bond acceptors (Lipinski definition) is 3. The predicted octanol–water partition coefficient (Wildman–Crippen LogP) is 1.37. The second-order valence-corrected chi connectivity index (χ2v) is 5.40. The highest BCUT2D eigenvalue weighted by atomic mass is 16.4. The first-order valence-electron chi connectivity index (χ1n) is 7.49. The topological polar surface area (TPSA) is 72.9 Å². The molecule has 1 atom stereocenters. The molecule has 6 heteroatoms. The third-order valence-corrected chi connectivity index (χ3v) is 3.89. The largest absolute Gasteiger partial charge is 0.481 e. The van der Waals surface area contributed by atoms with Crippen LogP contribution in [0.4, 0.5) is 4.79 Å². The summed E-state index contributed by atoms with van der Waals surface area (Å²) in [5, 5.41) is 11.7. The summed E-state index contributed by atoms with van der Waals surface area (Å²) in [4.78, 5) is 26.8. The highest BCUT2D eigenvalue weighted by molar-refractivity contribution is 5.74. The molecule has 0 aromatic heterocycles. The summed E-state index contributed by atoms with van der Waals surface area (Å²) >= 11 is 0. The fraction of sp³-hybridized carbons (Fsp3) is 0.857. The number of carboxylic acid groups (broad SMARTS) is 1. The molecule has 0 aromatic rings. The van der Waals surface area contributed by atoms with E-state index in [2.05, 4.69) is 17.1 Å². The Labute approximate surface area is 121 Å². The van der Waals surface area contributed by atoms with E-state index >= 15 is 0 Å². The number of urea groups is 1. The minimum absolute atomic E-state index is 0.0513. The number of nitrogens with zero attached hydrogens (tertiary/aromatic N) is 2. The van der Waals surface area contributed by atoms with E-state index in [1.807, 2.05) is 11.9 Å². The number of likely N-dealkylation sites (N-methyl/N-ethyl adjacent to an activating group) is 1. The molecule has 0 radical (unpaired) electrons. The summed E-state index contributed by atoms with van der Waals surface area (Å²) in [6.07, 6.45) is 3.68. The van der Waals surface area contributed by atoms with Crippen molar-refractivity contribution in [2.45, 2.75) is 45.1 Å². The Hall–Kier alpha value is -1.30. The van der Waals surface area contributed by atoms with Crippen LogP contribution >= 0.6 is 0 Å². The molecule has 0 spiro atoms. The number of nitrogens with one attached hydrogen (secondary N) is 1. The molecule has 1 aliphatic heterocycles. The van der Waals surface area contributed by atoms with Crippen molar-refractivity contribution in [1.29, 1.82) is 0 Å². The Morgan fingerprint density at radius 3 is 2.80 bits per heavy atom. The molecule has 1 unspecified atom stereocenters. The maximum absolute atomic E-state index is 12.2. The molecule has 0 aliphatic carbocycles. The van der Waals surface area contributed by atoms with E-state index in [1.165, 1.54) is 0 Å². The van der Waals surface area contributed by atoms with Crippen molar-refractivity contribution in [3.05, 3.63) is 0 Å². The Balaban J connectivity index is 2.39. The van der Waals surface area contributed by atoms with Crippen LogP contribution in [0.1, 0.15) is 39.0 Å². The van der Waals surface area contributed by atoms with Crippen LogP contribution in [0, 0.1) is 0 Å². The summed E-state index contributed by atoms with van der Waals surface area (Å²) in [5.41, 5.74) is 0. The van der Waals surface area contributed by atoms with Gasteiger partial charge in [0.1, 0.15) is 0 Å². The third kappa shape index (κ3) is 5.77. The average molecular weight is 285 g/mol. The Morgan fingerprint density at radius 1 is 1.40 bits per heavy atom. The van der Waals surface area contributed by atoms with Crippen molar-refractivity contribution >= 4 is 12.0 Å². The molecule has 1 aliphatic rings. The van der Waals surface area contributed by atoms with E-state index in [4.69, 9.17) is 5.11 Å². The first-order valence-corrected chi connectivity index (χ1v) is 7.49. The van der Waals surface area contributed by atoms with Crippen LogP contribution in [0.2, 0.25) is 0 Å². The van der Waals surface area contributed by atoms with Crippen molar-refractivity contribution < 1.29 is 14.7 Å². The fourth-order valence-electron chi connectivity index (χ4n) is 2.47. The van der Waals surface area contributed by atoms with Gasteiger partial charge in [-0.1, -0.05) is 6.92 Å². The van der Waals surface area contributed by atoms with Crippen LogP contribution in [0.3, 0.4) is 0 Å². The van der Waals surface area contributed by atoms with E-state index in [0.717, 1.165) is 38.9 Å². The number of carbonyl (C=O) groups is 2. The van der Waals surface area contributed by atoms with Crippen LogP contribution in [0.5, 0.6) is 0 Å². The van der Waals surface area contributed by atoms with Gasteiger partial charge in [-0.3, -0.25) is 4.79 Å². The van der Waals surface area contributed by atoms with Crippen molar-refractivity contribution in [2.24, 2.45) is 0 Å². The summed E-state index contributed by atoms with van der Waals surface area (Å²) < 4.78 is 0. The third-order valence-electron chi connectivity index (χ3n) is 3.89. The lowest BCUT2D eigenvalue weighted by Gasteiger charge is -2.35. The molecule has 1 rings (SSSR count). The SMILES string of the molecule is CCN(C)CCNC(=O)N1CCCCC1CCC(=O)O. The summed E-state index contributed by atoms with van der Waals surface area (Å²) in [5.74, 6) is -0.791. The number of amides is 2. The predicted molar refractivity (Wildman–Crippen MR) is 77.8 cm³/mol. The lowest BCUT2D eigenvalue weighted by Crippen LogP contribution is -2.49. The quantitative estimate of drug-likeness (QED) is 0.741. The van der Waals surface area contributed by atoms with Crippen molar-refractivity contribution in [3.63, 3.8) is 0 Å². The lowest BCUT2D eigenvalue weighted by atomic mass is 9.98. The van der Waals surface area contributed by atoms with E-state index in [9.17, 15) is 9.59 Å². The molecule has 2 N–H and O–H groups in total. The highest BCUT2D eigenvalue weighted by Gasteiger charge is 2.26. The van der Waals surface area contributed by atoms with Gasteiger partial charge in [0.15, 0.2) is 0 Å². The van der Waals surface area contributed by atoms with Crippen LogP contribution in [-0.4, -0.2) is 66.2 Å². The summed E-state index contributed by atoms with van der Waals surface area (Å²) in [7, 11) is 2.02. The minimum atomic E-state index is -0.791. The zero-order valence-corrected chi connectivity index (χ0v) is 12.6. The molecule has 6 nitrogen and oxygen atoms in total. The van der Waals surface area contributed by atoms with Crippen molar-refractivity contribution in [2.75, 3.05) is 33.2 Å². The number of carbonyl (C=O) groups excluding carboxylic acids is 1. The van der Waals surface area contributed by atoms with E-state index in [-0.39, 0.29) is 18.5 Å². The minimum Gasteiger partial charge on any atom is -0.481 e. The van der Waals surface area contributed by atoms with Gasteiger partial charge in [-0.05, 0) is 39.3 Å². The summed E-state index contributed by atoms with van der Waals surface area (Å²) in [6.45, 7) is 5.23. The Morgan fingerprint density at radius 2 is 2.15 bits per heavy atom. The van der Waals surface area contributed by atoms with Gasteiger partial charge in [-0.2, -0.15) is 0 Å². The molecule has 0 aromatic carbocycles. The van der Waals surface area contributed by atoms with Crippen LogP contribution in [0.25, 0.3) is 0 Å². The van der Waals surface area contributed by atoms with Gasteiger partial charge in [0.2, 0.25) is 0 Å². The molecule has 0 bridgehead atoms. The zero-order chi connectivity index (χ0) is 15.0.